The van der Waals surface area contributed by atoms with E-state index in [0.29, 0.717) is 11.7 Å². The van der Waals surface area contributed by atoms with Crippen molar-refractivity contribution in [2.75, 3.05) is 57.3 Å². The first-order valence-electron chi connectivity index (χ1n) is 10.5. The zero-order valence-corrected chi connectivity index (χ0v) is 20.5. The highest BCUT2D eigenvalue weighted by Gasteiger charge is 2.26. The van der Waals surface area contributed by atoms with E-state index < -0.39 is 5.60 Å². The average molecular weight is 545 g/mol. The van der Waals surface area contributed by atoms with E-state index in [0.717, 1.165) is 51.5 Å². The van der Waals surface area contributed by atoms with Gasteiger partial charge in [-0.3, -0.25) is 4.90 Å². The Morgan fingerprint density at radius 2 is 1.87 bits per heavy atom. The van der Waals surface area contributed by atoms with Gasteiger partial charge in [0.1, 0.15) is 17.2 Å². The fourth-order valence-electron chi connectivity index (χ4n) is 3.45. The molecule has 31 heavy (non-hydrogen) atoms. The molecule has 3 N–H and O–H groups in total. The number of furan rings is 1. The molecule has 1 aliphatic heterocycles. The molecule has 1 saturated heterocycles. The Morgan fingerprint density at radius 3 is 2.48 bits per heavy atom. The first-order valence-corrected chi connectivity index (χ1v) is 10.5. The first-order chi connectivity index (χ1) is 14.5. The van der Waals surface area contributed by atoms with Crippen LogP contribution in [0, 0.1) is 5.82 Å². The highest BCUT2D eigenvalue weighted by molar-refractivity contribution is 14.0. The number of hydrogen-bond donors (Lipinski definition) is 3. The molecule has 0 amide bonds. The standard InChI is InChI=1S/C22H32FN5O2.HI/c1-3-24-21(26-17-22(2,29)20-5-4-16-30-20)25-10-11-27-12-14-28(15-13-27)19-8-6-18(23)7-9-19;/h4-9,16,29H,3,10-15,17H2,1-2H3,(H2,24,25,26);1H. The molecule has 3 rings (SSSR count). The number of anilines is 1. The molecule has 0 spiro atoms. The molecule has 1 aliphatic rings. The van der Waals surface area contributed by atoms with Crippen LogP contribution in [0.4, 0.5) is 10.1 Å². The van der Waals surface area contributed by atoms with Gasteiger partial charge in [-0.1, -0.05) is 0 Å². The van der Waals surface area contributed by atoms with Crippen molar-refractivity contribution in [2.45, 2.75) is 19.4 Å². The number of guanidine groups is 1. The van der Waals surface area contributed by atoms with Crippen LogP contribution in [0.2, 0.25) is 0 Å². The zero-order valence-electron chi connectivity index (χ0n) is 18.2. The second-order valence-corrected chi connectivity index (χ2v) is 7.68. The molecule has 0 radical (unpaired) electrons. The summed E-state index contributed by atoms with van der Waals surface area (Å²) in [5.74, 6) is 0.975. The second-order valence-electron chi connectivity index (χ2n) is 7.68. The topological polar surface area (TPSA) is 76.3 Å². The summed E-state index contributed by atoms with van der Waals surface area (Å²) in [6, 6.07) is 10.2. The van der Waals surface area contributed by atoms with Gasteiger partial charge in [-0.25, -0.2) is 9.38 Å². The lowest BCUT2D eigenvalue weighted by molar-refractivity contribution is 0.0437. The van der Waals surface area contributed by atoms with Gasteiger partial charge in [-0.2, -0.15) is 0 Å². The second kappa shape index (κ2) is 12.3. The van der Waals surface area contributed by atoms with Gasteiger partial charge in [0.25, 0.3) is 0 Å². The molecule has 0 saturated carbocycles. The normalized spacial score (nSPS) is 17.0. The Balaban J connectivity index is 0.00000341. The molecule has 2 aromatic rings. The van der Waals surface area contributed by atoms with Crippen LogP contribution in [-0.2, 0) is 5.60 Å². The van der Waals surface area contributed by atoms with Crippen molar-refractivity contribution in [3.8, 4) is 0 Å². The molecule has 0 aliphatic carbocycles. The molecule has 1 unspecified atom stereocenters. The van der Waals surface area contributed by atoms with E-state index in [1.165, 1.54) is 12.1 Å². The Kier molecular flexibility index (Phi) is 10.0. The van der Waals surface area contributed by atoms with Crippen molar-refractivity contribution >= 4 is 35.6 Å². The number of nitrogens with zero attached hydrogens (tertiary/aromatic N) is 3. The van der Waals surface area contributed by atoms with Crippen LogP contribution in [0.1, 0.15) is 19.6 Å². The maximum atomic E-state index is 13.1. The summed E-state index contributed by atoms with van der Waals surface area (Å²) in [4.78, 5) is 9.19. The van der Waals surface area contributed by atoms with Gasteiger partial charge < -0.3 is 25.1 Å². The Morgan fingerprint density at radius 1 is 1.16 bits per heavy atom. The highest BCUT2D eigenvalue weighted by Crippen LogP contribution is 2.21. The fourth-order valence-corrected chi connectivity index (χ4v) is 3.45. The van der Waals surface area contributed by atoms with Gasteiger partial charge in [0, 0.05) is 51.5 Å². The molecule has 1 fully saturated rings. The quantitative estimate of drug-likeness (QED) is 0.269. The third-order valence-electron chi connectivity index (χ3n) is 5.23. The minimum atomic E-state index is -1.15. The lowest BCUT2D eigenvalue weighted by atomic mass is 10.0. The van der Waals surface area contributed by atoms with Crippen LogP contribution in [0.3, 0.4) is 0 Å². The molecular weight excluding hydrogens is 512 g/mol. The monoisotopic (exact) mass is 545 g/mol. The van der Waals surface area contributed by atoms with E-state index in [2.05, 4.69) is 25.4 Å². The summed E-state index contributed by atoms with van der Waals surface area (Å²) < 4.78 is 18.4. The predicted octanol–water partition coefficient (Wildman–Crippen LogP) is 2.62. The molecule has 172 valence electrons. The summed E-state index contributed by atoms with van der Waals surface area (Å²) in [5.41, 5.74) is -0.0814. The Hall–Kier alpha value is -1.85. The van der Waals surface area contributed by atoms with E-state index in [9.17, 15) is 9.50 Å². The largest absolute Gasteiger partial charge is 0.466 e. The summed E-state index contributed by atoms with van der Waals surface area (Å²) in [7, 11) is 0. The van der Waals surface area contributed by atoms with Crippen molar-refractivity contribution in [2.24, 2.45) is 4.99 Å². The minimum Gasteiger partial charge on any atom is -0.466 e. The third kappa shape index (κ3) is 7.65. The van der Waals surface area contributed by atoms with Crippen LogP contribution in [-0.4, -0.2) is 68.3 Å². The molecule has 1 atom stereocenters. The van der Waals surface area contributed by atoms with E-state index >= 15 is 0 Å². The molecule has 1 aromatic carbocycles. The van der Waals surface area contributed by atoms with Crippen molar-refractivity contribution in [1.29, 1.82) is 0 Å². The molecular formula is C22H33FIN5O2. The van der Waals surface area contributed by atoms with Crippen LogP contribution in [0.5, 0.6) is 0 Å². The number of halogens is 2. The number of aliphatic imine (C=N–C) groups is 1. The minimum absolute atomic E-state index is 0. The van der Waals surface area contributed by atoms with Gasteiger partial charge in [0.15, 0.2) is 5.96 Å². The Bertz CT molecular complexity index is 791. The maximum absolute atomic E-state index is 13.1. The lowest BCUT2D eigenvalue weighted by Gasteiger charge is -2.36. The summed E-state index contributed by atoms with van der Waals surface area (Å²) in [6.45, 7) is 10.1. The number of rotatable bonds is 8. The van der Waals surface area contributed by atoms with Crippen molar-refractivity contribution in [1.82, 2.24) is 15.5 Å². The molecule has 7 nitrogen and oxygen atoms in total. The number of benzene rings is 1. The van der Waals surface area contributed by atoms with Crippen LogP contribution in [0.15, 0.2) is 52.1 Å². The smallest absolute Gasteiger partial charge is 0.191 e. The average Bonchev–Trinajstić information content (AvgIpc) is 3.29. The van der Waals surface area contributed by atoms with Gasteiger partial charge in [0.2, 0.25) is 0 Å². The number of nitrogens with one attached hydrogen (secondary N) is 2. The van der Waals surface area contributed by atoms with Gasteiger partial charge in [-0.05, 0) is 50.2 Å². The van der Waals surface area contributed by atoms with Crippen molar-refractivity contribution in [3.05, 3.63) is 54.2 Å². The maximum Gasteiger partial charge on any atom is 0.191 e. The van der Waals surface area contributed by atoms with Crippen LogP contribution >= 0.6 is 24.0 Å². The molecule has 0 bridgehead atoms. The fraction of sp³-hybridized carbons (Fsp3) is 0.500. The summed E-state index contributed by atoms with van der Waals surface area (Å²) in [5, 5.41) is 17.1. The Labute approximate surface area is 200 Å². The van der Waals surface area contributed by atoms with E-state index in [4.69, 9.17) is 4.42 Å². The summed E-state index contributed by atoms with van der Waals surface area (Å²) in [6.07, 6.45) is 1.55. The van der Waals surface area contributed by atoms with Crippen LogP contribution < -0.4 is 15.5 Å². The first kappa shape index (κ1) is 25.4. The van der Waals surface area contributed by atoms with Crippen molar-refractivity contribution in [3.63, 3.8) is 0 Å². The van der Waals surface area contributed by atoms with Gasteiger partial charge >= 0.3 is 0 Å². The summed E-state index contributed by atoms with van der Waals surface area (Å²) >= 11 is 0. The molecule has 1 aromatic heterocycles. The van der Waals surface area contributed by atoms with E-state index in [1.54, 1.807) is 25.3 Å². The highest BCUT2D eigenvalue weighted by atomic mass is 127. The zero-order chi connectivity index (χ0) is 21.4. The van der Waals surface area contributed by atoms with E-state index in [-0.39, 0.29) is 36.3 Å². The molecule has 2 heterocycles. The van der Waals surface area contributed by atoms with E-state index in [1.807, 2.05) is 19.1 Å². The van der Waals surface area contributed by atoms with Gasteiger partial charge in [0.05, 0.1) is 12.8 Å². The van der Waals surface area contributed by atoms with Crippen LogP contribution in [0.25, 0.3) is 0 Å². The van der Waals surface area contributed by atoms with Gasteiger partial charge in [-0.15, -0.1) is 24.0 Å². The van der Waals surface area contributed by atoms with Crippen molar-refractivity contribution < 1.29 is 13.9 Å². The lowest BCUT2D eigenvalue weighted by Crippen LogP contribution is -2.49. The number of piperazine rings is 1. The number of aliphatic hydroxyl groups is 1. The number of hydrogen-bond acceptors (Lipinski definition) is 5. The third-order valence-corrected chi connectivity index (χ3v) is 5.23. The SMILES string of the molecule is CCNC(=NCC(C)(O)c1ccco1)NCCN1CCN(c2ccc(F)cc2)CC1.I. The molecule has 9 heteroatoms. The predicted molar refractivity (Wildman–Crippen MR) is 133 cm³/mol.